The molecule has 0 aliphatic carbocycles. The number of hydrogen-bond acceptors (Lipinski definition) is 4. The van der Waals surface area contributed by atoms with Crippen molar-refractivity contribution >= 4 is 28.7 Å². The van der Waals surface area contributed by atoms with Crippen LogP contribution in [-0.2, 0) is 0 Å². The van der Waals surface area contributed by atoms with Crippen LogP contribution < -0.4 is 5.43 Å². The van der Waals surface area contributed by atoms with E-state index in [1.165, 1.54) is 29.3 Å². The zero-order valence-corrected chi connectivity index (χ0v) is 11.9. The van der Waals surface area contributed by atoms with E-state index in [2.05, 4.69) is 15.4 Å². The van der Waals surface area contributed by atoms with Gasteiger partial charge in [-0.25, -0.2) is 14.6 Å². The lowest BCUT2D eigenvalue weighted by molar-refractivity contribution is 0.100. The van der Waals surface area contributed by atoms with Gasteiger partial charge < -0.3 is 0 Å². The molecular weight excluding hydrogens is 310 g/mol. The summed E-state index contributed by atoms with van der Waals surface area (Å²) in [7, 11) is 0. The highest BCUT2D eigenvalue weighted by Gasteiger charge is 2.17. The number of thioether (sulfide) groups is 1. The first-order chi connectivity index (χ1) is 10.6. The Kier molecular flexibility index (Phi) is 4.01. The highest BCUT2D eigenvalue weighted by atomic mass is 32.2. The van der Waals surface area contributed by atoms with Crippen LogP contribution in [-0.4, -0.2) is 26.3 Å². The number of pyridine rings is 1. The van der Waals surface area contributed by atoms with Gasteiger partial charge in [-0.05, 0) is 36.0 Å². The molecule has 5 nitrogen and oxygen atoms in total. The predicted octanol–water partition coefficient (Wildman–Crippen LogP) is 3.13. The van der Waals surface area contributed by atoms with Gasteiger partial charge in [0.2, 0.25) is 0 Å². The Morgan fingerprint density at radius 2 is 2.00 bits per heavy atom. The van der Waals surface area contributed by atoms with Gasteiger partial charge in [0.15, 0.2) is 0 Å². The van der Waals surface area contributed by atoms with Gasteiger partial charge in [-0.1, -0.05) is 12.1 Å². The molecule has 1 N–H and O–H groups in total. The Labute approximate surface area is 128 Å². The number of halogens is 2. The van der Waals surface area contributed by atoms with Crippen molar-refractivity contribution in [3.63, 3.8) is 0 Å². The van der Waals surface area contributed by atoms with Crippen LogP contribution in [0.4, 0.5) is 8.78 Å². The number of amides is 1. The summed E-state index contributed by atoms with van der Waals surface area (Å²) >= 11 is 0.239. The summed E-state index contributed by atoms with van der Waals surface area (Å²) in [6, 6.07) is 10.2. The van der Waals surface area contributed by atoms with Crippen LogP contribution in [0, 0.1) is 0 Å². The molecule has 2 heterocycles. The number of carbonyl (C=O) groups is 1. The van der Waals surface area contributed by atoms with Crippen molar-refractivity contribution in [2.75, 3.05) is 5.43 Å². The molecule has 1 aromatic carbocycles. The second kappa shape index (κ2) is 6.10. The number of hydrogen-bond donors (Lipinski definition) is 1. The fourth-order valence-electron chi connectivity index (χ4n) is 1.96. The number of imidazole rings is 1. The second-order valence-corrected chi connectivity index (χ2v) is 5.26. The highest BCUT2D eigenvalue weighted by molar-refractivity contribution is 7.99. The first kappa shape index (κ1) is 14.5. The number of rotatable bonds is 4. The van der Waals surface area contributed by atoms with Crippen LogP contribution in [0.1, 0.15) is 10.4 Å². The average molecular weight is 320 g/mol. The van der Waals surface area contributed by atoms with Crippen LogP contribution in [0.15, 0.2) is 53.9 Å². The van der Waals surface area contributed by atoms with Crippen molar-refractivity contribution in [2.24, 2.45) is 0 Å². The van der Waals surface area contributed by atoms with Crippen molar-refractivity contribution in [3.8, 4) is 0 Å². The third-order valence-electron chi connectivity index (χ3n) is 2.89. The molecule has 0 spiro atoms. The van der Waals surface area contributed by atoms with Gasteiger partial charge in [-0.2, -0.15) is 8.78 Å². The van der Waals surface area contributed by atoms with Crippen LogP contribution in [0.2, 0.25) is 0 Å². The molecule has 0 atom stereocenters. The molecule has 0 bridgehead atoms. The van der Waals surface area contributed by atoms with Gasteiger partial charge in [-0.15, -0.1) is 0 Å². The van der Waals surface area contributed by atoms with Gasteiger partial charge in [-0.3, -0.25) is 10.2 Å². The normalized spacial score (nSPS) is 11.0. The third-order valence-corrected chi connectivity index (χ3v) is 3.62. The summed E-state index contributed by atoms with van der Waals surface area (Å²) in [6.45, 7) is 0. The first-order valence-electron chi connectivity index (χ1n) is 6.28. The molecular formula is C14H10F2N4OS. The Morgan fingerprint density at radius 1 is 1.18 bits per heavy atom. The Bertz CT molecular complexity index is 821. The quantitative estimate of drug-likeness (QED) is 0.750. The van der Waals surface area contributed by atoms with Crippen molar-refractivity contribution in [1.82, 2.24) is 14.6 Å². The number of alkyl halides is 2. The summed E-state index contributed by atoms with van der Waals surface area (Å²) < 4.78 is 26.5. The van der Waals surface area contributed by atoms with Gasteiger partial charge in [0, 0.05) is 6.20 Å². The molecule has 0 fully saturated rings. The van der Waals surface area contributed by atoms with E-state index >= 15 is 0 Å². The molecule has 112 valence electrons. The summed E-state index contributed by atoms with van der Waals surface area (Å²) in [5.41, 5.74) is 4.13. The van der Waals surface area contributed by atoms with Crippen LogP contribution in [0.3, 0.4) is 0 Å². The van der Waals surface area contributed by atoms with E-state index in [9.17, 15) is 13.6 Å². The molecule has 3 aromatic rings. The molecule has 1 amide bonds. The van der Waals surface area contributed by atoms with Crippen molar-refractivity contribution in [1.29, 1.82) is 0 Å². The zero-order valence-electron chi connectivity index (χ0n) is 11.1. The Morgan fingerprint density at radius 3 is 2.82 bits per heavy atom. The van der Waals surface area contributed by atoms with Gasteiger partial charge in [0.25, 0.3) is 11.7 Å². The zero-order chi connectivity index (χ0) is 15.5. The number of para-hydroxylation sites is 2. The molecule has 2 aromatic heterocycles. The smallest absolute Gasteiger partial charge is 0.267 e. The minimum absolute atomic E-state index is 0.0144. The largest absolute Gasteiger partial charge is 0.290 e. The van der Waals surface area contributed by atoms with Crippen LogP contribution >= 0.6 is 11.8 Å². The molecule has 0 saturated carbocycles. The minimum Gasteiger partial charge on any atom is -0.267 e. The lowest BCUT2D eigenvalue weighted by Crippen LogP contribution is -2.23. The molecule has 0 aliphatic heterocycles. The first-order valence-corrected chi connectivity index (χ1v) is 7.16. The average Bonchev–Trinajstić information content (AvgIpc) is 2.90. The summed E-state index contributed by atoms with van der Waals surface area (Å²) in [4.78, 5) is 20.3. The summed E-state index contributed by atoms with van der Waals surface area (Å²) in [6.07, 6.45) is 2.83. The summed E-state index contributed by atoms with van der Waals surface area (Å²) in [5, 5.41) is -0.0144. The molecule has 22 heavy (non-hydrogen) atoms. The predicted molar refractivity (Wildman–Crippen MR) is 79.5 cm³/mol. The van der Waals surface area contributed by atoms with E-state index in [4.69, 9.17) is 0 Å². The molecule has 8 heteroatoms. The van der Waals surface area contributed by atoms with E-state index in [0.29, 0.717) is 5.52 Å². The number of nitrogens with zero attached hydrogens (tertiary/aromatic N) is 3. The fourth-order valence-corrected chi connectivity index (χ4v) is 2.54. The Balaban J connectivity index is 1.89. The number of nitrogens with one attached hydrogen (secondary N) is 1. The molecule has 0 unspecified atom stereocenters. The van der Waals surface area contributed by atoms with Gasteiger partial charge >= 0.3 is 0 Å². The van der Waals surface area contributed by atoms with Gasteiger partial charge in [0.1, 0.15) is 11.4 Å². The maximum absolute atomic E-state index is 12.5. The number of carbonyl (C=O) groups excluding carboxylic acids is 1. The third kappa shape index (κ3) is 2.91. The standard InChI is InChI=1S/C14H10F2N4OS/c15-14(16)22-13-9(4-3-7-17-13)12(21)19-20-8-18-10-5-1-2-6-11(10)20/h1-8,14H,(H,19,21). The van der Waals surface area contributed by atoms with Gasteiger partial charge in [0.05, 0.1) is 16.6 Å². The second-order valence-electron chi connectivity index (χ2n) is 4.28. The van der Waals surface area contributed by atoms with E-state index in [1.807, 2.05) is 12.1 Å². The van der Waals surface area contributed by atoms with E-state index in [1.54, 1.807) is 12.1 Å². The van der Waals surface area contributed by atoms with Crippen LogP contribution in [0.5, 0.6) is 0 Å². The number of fused-ring (bicyclic) bond motifs is 1. The molecule has 0 saturated heterocycles. The Hall–Kier alpha value is -2.48. The number of benzene rings is 1. The van der Waals surface area contributed by atoms with E-state index in [0.717, 1.165) is 5.52 Å². The number of aromatic nitrogens is 3. The lowest BCUT2D eigenvalue weighted by Gasteiger charge is -2.09. The monoisotopic (exact) mass is 320 g/mol. The topological polar surface area (TPSA) is 59.8 Å². The molecule has 0 radical (unpaired) electrons. The van der Waals surface area contributed by atoms with E-state index in [-0.39, 0.29) is 22.4 Å². The lowest BCUT2D eigenvalue weighted by atomic mass is 10.3. The molecule has 0 aliphatic rings. The van der Waals surface area contributed by atoms with Crippen LogP contribution in [0.25, 0.3) is 11.0 Å². The van der Waals surface area contributed by atoms with Crippen molar-refractivity contribution in [2.45, 2.75) is 10.8 Å². The van der Waals surface area contributed by atoms with E-state index < -0.39 is 11.7 Å². The maximum atomic E-state index is 12.5. The maximum Gasteiger partial charge on any atom is 0.290 e. The fraction of sp³-hybridized carbons (Fsp3) is 0.0714. The molecule has 3 rings (SSSR count). The van der Waals surface area contributed by atoms with Crippen molar-refractivity contribution < 1.29 is 13.6 Å². The minimum atomic E-state index is -2.64. The highest BCUT2D eigenvalue weighted by Crippen LogP contribution is 2.26. The van der Waals surface area contributed by atoms with Crippen molar-refractivity contribution in [3.05, 3.63) is 54.5 Å². The summed E-state index contributed by atoms with van der Waals surface area (Å²) in [5.74, 6) is -3.17. The SMILES string of the molecule is O=C(Nn1cnc2ccccc21)c1cccnc1SC(F)F.